The van der Waals surface area contributed by atoms with Gasteiger partial charge in [-0.3, -0.25) is 0 Å². The van der Waals surface area contributed by atoms with E-state index in [9.17, 15) is 19.2 Å². The molecule has 0 radical (unpaired) electrons. The topological polar surface area (TPSA) is 110 Å². The van der Waals surface area contributed by atoms with Crippen molar-refractivity contribution in [2.24, 2.45) is 0 Å². The van der Waals surface area contributed by atoms with Gasteiger partial charge in [0.2, 0.25) is 0 Å². The fourth-order valence-electron chi connectivity index (χ4n) is 3.65. The highest BCUT2D eigenvalue weighted by molar-refractivity contribution is 6.15. The lowest BCUT2D eigenvalue weighted by atomic mass is 9.93. The van der Waals surface area contributed by atoms with Crippen molar-refractivity contribution < 1.29 is 38.1 Å². The number of esters is 4. The molecule has 0 atom stereocenters. The molecule has 166 valence electrons. The third kappa shape index (κ3) is 3.58. The molecule has 0 spiro atoms. The van der Waals surface area contributed by atoms with Crippen LogP contribution in [0.4, 0.5) is 0 Å². The Kier molecular flexibility index (Phi) is 6.29. The predicted molar refractivity (Wildman–Crippen MR) is 113 cm³/mol. The molecule has 0 saturated carbocycles. The summed E-state index contributed by atoms with van der Waals surface area (Å²) in [4.78, 5) is 50.8. The van der Waals surface area contributed by atoms with Crippen LogP contribution in [0.2, 0.25) is 0 Å². The first-order valence-electron chi connectivity index (χ1n) is 9.41. The van der Waals surface area contributed by atoms with Crippen molar-refractivity contribution in [1.82, 2.24) is 4.40 Å². The first-order valence-corrected chi connectivity index (χ1v) is 9.41. The summed E-state index contributed by atoms with van der Waals surface area (Å²) in [6.45, 7) is 1.71. The maximum absolute atomic E-state index is 12.9. The van der Waals surface area contributed by atoms with Crippen LogP contribution < -0.4 is 0 Å². The second-order valence-corrected chi connectivity index (χ2v) is 6.76. The van der Waals surface area contributed by atoms with Crippen LogP contribution >= 0.6 is 0 Å². The summed E-state index contributed by atoms with van der Waals surface area (Å²) in [5, 5.41) is 0. The molecule has 0 fully saturated rings. The number of nitrogens with zero attached hydrogens (tertiary/aromatic N) is 1. The second kappa shape index (κ2) is 8.93. The Morgan fingerprint density at radius 3 is 1.88 bits per heavy atom. The molecule has 0 N–H and O–H groups in total. The van der Waals surface area contributed by atoms with Gasteiger partial charge in [0, 0.05) is 11.8 Å². The van der Waals surface area contributed by atoms with E-state index < -0.39 is 23.9 Å². The number of benzene rings is 1. The number of hydrogen-bond donors (Lipinski definition) is 0. The van der Waals surface area contributed by atoms with Gasteiger partial charge in [0.1, 0.15) is 11.1 Å². The van der Waals surface area contributed by atoms with E-state index >= 15 is 0 Å². The van der Waals surface area contributed by atoms with Crippen molar-refractivity contribution in [1.29, 1.82) is 0 Å². The average molecular weight is 439 g/mol. The summed E-state index contributed by atoms with van der Waals surface area (Å²) in [6, 6.07) is 8.09. The number of ether oxygens (including phenoxy) is 4. The molecular formula is C23H21NO8. The molecule has 0 aliphatic rings. The van der Waals surface area contributed by atoms with E-state index in [-0.39, 0.29) is 33.5 Å². The zero-order chi connectivity index (χ0) is 23.6. The van der Waals surface area contributed by atoms with Gasteiger partial charge < -0.3 is 23.3 Å². The number of aryl methyl sites for hydroxylation is 1. The monoisotopic (exact) mass is 439 g/mol. The maximum atomic E-state index is 12.9. The van der Waals surface area contributed by atoms with Crippen LogP contribution in [-0.2, 0) is 18.9 Å². The molecular weight excluding hydrogens is 418 g/mol. The average Bonchev–Trinajstić information content (AvgIpc) is 3.16. The van der Waals surface area contributed by atoms with Gasteiger partial charge in [-0.1, -0.05) is 6.07 Å². The Morgan fingerprint density at radius 1 is 0.719 bits per heavy atom. The molecule has 0 bridgehead atoms. The Balaban J connectivity index is 2.60. The van der Waals surface area contributed by atoms with Gasteiger partial charge in [-0.25, -0.2) is 19.2 Å². The summed E-state index contributed by atoms with van der Waals surface area (Å²) < 4.78 is 21.2. The smallest absolute Gasteiger partial charge is 0.340 e. The Morgan fingerprint density at radius 2 is 1.28 bits per heavy atom. The molecule has 0 amide bonds. The summed E-state index contributed by atoms with van der Waals surface area (Å²) >= 11 is 0. The lowest BCUT2D eigenvalue weighted by molar-refractivity contribution is 0.0555. The third-order valence-corrected chi connectivity index (χ3v) is 4.96. The minimum absolute atomic E-state index is 0.0353. The predicted octanol–water partition coefficient (Wildman–Crippen LogP) is 3.06. The van der Waals surface area contributed by atoms with Crippen LogP contribution in [0.15, 0.2) is 36.5 Å². The van der Waals surface area contributed by atoms with Gasteiger partial charge in [-0.15, -0.1) is 0 Å². The van der Waals surface area contributed by atoms with Gasteiger partial charge in [-0.2, -0.15) is 0 Å². The third-order valence-electron chi connectivity index (χ3n) is 4.96. The number of fused-ring (bicyclic) bond motifs is 1. The molecule has 2 aromatic heterocycles. The molecule has 9 heteroatoms. The SMILES string of the molecule is COC(=O)c1cc(C)cc(-c2c(C(=O)OC)c(C(=O)OC)c3ccccn23)c1C(=O)OC. The lowest BCUT2D eigenvalue weighted by Gasteiger charge is -2.15. The van der Waals surface area contributed by atoms with Gasteiger partial charge >= 0.3 is 23.9 Å². The summed E-state index contributed by atoms with van der Waals surface area (Å²) in [6.07, 6.45) is 1.62. The van der Waals surface area contributed by atoms with Crippen LogP contribution in [-0.4, -0.2) is 56.7 Å². The number of hydrogen-bond acceptors (Lipinski definition) is 8. The molecule has 0 aliphatic heterocycles. The van der Waals surface area contributed by atoms with Crippen LogP contribution in [0.25, 0.3) is 16.8 Å². The van der Waals surface area contributed by atoms with Crippen molar-refractivity contribution in [3.8, 4) is 11.3 Å². The molecule has 3 rings (SSSR count). The normalized spacial score (nSPS) is 10.5. The second-order valence-electron chi connectivity index (χ2n) is 6.76. The van der Waals surface area contributed by atoms with Gasteiger partial charge in [0.15, 0.2) is 0 Å². The number of methoxy groups -OCH3 is 4. The fraction of sp³-hybridized carbons (Fsp3) is 0.217. The van der Waals surface area contributed by atoms with Crippen LogP contribution in [0, 0.1) is 6.92 Å². The Labute approximate surface area is 183 Å². The highest BCUT2D eigenvalue weighted by Gasteiger charge is 2.33. The largest absolute Gasteiger partial charge is 0.465 e. The summed E-state index contributed by atoms with van der Waals surface area (Å²) in [7, 11) is 4.72. The highest BCUT2D eigenvalue weighted by Crippen LogP contribution is 2.37. The number of aromatic nitrogens is 1. The minimum atomic E-state index is -0.818. The first-order chi connectivity index (χ1) is 15.3. The van der Waals surface area contributed by atoms with Crippen LogP contribution in [0.1, 0.15) is 47.0 Å². The lowest BCUT2D eigenvalue weighted by Crippen LogP contribution is -2.16. The van der Waals surface area contributed by atoms with Gasteiger partial charge in [0.05, 0.1) is 50.8 Å². The molecule has 3 aromatic rings. The Bertz CT molecular complexity index is 1250. The summed E-state index contributed by atoms with van der Waals surface area (Å²) in [5.74, 6) is -3.16. The van der Waals surface area contributed by atoms with E-state index in [1.165, 1.54) is 34.5 Å². The van der Waals surface area contributed by atoms with Crippen molar-refractivity contribution in [2.45, 2.75) is 6.92 Å². The van der Waals surface area contributed by atoms with E-state index in [2.05, 4.69) is 0 Å². The van der Waals surface area contributed by atoms with Crippen molar-refractivity contribution >= 4 is 29.4 Å². The van der Waals surface area contributed by atoms with Crippen molar-refractivity contribution in [3.05, 3.63) is 64.3 Å². The molecule has 32 heavy (non-hydrogen) atoms. The van der Waals surface area contributed by atoms with Crippen molar-refractivity contribution in [2.75, 3.05) is 28.4 Å². The van der Waals surface area contributed by atoms with Gasteiger partial charge in [-0.05, 0) is 36.8 Å². The molecule has 2 heterocycles. The molecule has 0 unspecified atom stereocenters. The number of carbonyl (C=O) groups excluding carboxylic acids is 4. The fourth-order valence-corrected chi connectivity index (χ4v) is 3.65. The van der Waals surface area contributed by atoms with E-state index in [0.29, 0.717) is 11.1 Å². The van der Waals surface area contributed by atoms with Gasteiger partial charge in [0.25, 0.3) is 0 Å². The Hall–Kier alpha value is -4.14. The quantitative estimate of drug-likeness (QED) is 0.441. The number of pyridine rings is 1. The molecule has 0 saturated heterocycles. The standard InChI is InChI=1S/C23H21NO8/c1-12-10-13(16(21(26)30-3)14(11-12)20(25)29-2)19-18(23(28)32-5)17(22(27)31-4)15-8-6-7-9-24(15)19/h6-11H,1-5H3. The zero-order valence-corrected chi connectivity index (χ0v) is 18.2. The van der Waals surface area contributed by atoms with E-state index in [1.54, 1.807) is 41.8 Å². The zero-order valence-electron chi connectivity index (χ0n) is 18.2. The van der Waals surface area contributed by atoms with E-state index in [0.717, 1.165) is 0 Å². The maximum Gasteiger partial charge on any atom is 0.340 e. The summed E-state index contributed by atoms with van der Waals surface area (Å²) in [5.41, 5.74) is 1.01. The first kappa shape index (κ1) is 22.5. The highest BCUT2D eigenvalue weighted by atomic mass is 16.5. The van der Waals surface area contributed by atoms with E-state index in [1.807, 2.05) is 0 Å². The van der Waals surface area contributed by atoms with E-state index in [4.69, 9.17) is 18.9 Å². The molecule has 1 aromatic carbocycles. The van der Waals surface area contributed by atoms with Crippen LogP contribution in [0.3, 0.4) is 0 Å². The molecule has 0 aliphatic carbocycles. The van der Waals surface area contributed by atoms with Crippen LogP contribution in [0.5, 0.6) is 0 Å². The number of carbonyl (C=O) groups is 4. The molecule has 9 nitrogen and oxygen atoms in total. The number of rotatable bonds is 5. The van der Waals surface area contributed by atoms with Crippen molar-refractivity contribution in [3.63, 3.8) is 0 Å². The minimum Gasteiger partial charge on any atom is -0.465 e.